The highest BCUT2D eigenvalue weighted by Gasteiger charge is 1.95. The molecule has 0 aliphatic heterocycles. The Bertz CT molecular complexity index is 191. The van der Waals surface area contributed by atoms with Gasteiger partial charge in [0.25, 0.3) is 0 Å². The van der Waals surface area contributed by atoms with E-state index in [1.54, 1.807) is 0 Å². The zero-order chi connectivity index (χ0) is 9.94. The highest BCUT2D eigenvalue weighted by Crippen LogP contribution is 1.93. The molecule has 2 N–H and O–H groups in total. The summed E-state index contributed by atoms with van der Waals surface area (Å²) >= 11 is 0. The van der Waals surface area contributed by atoms with Gasteiger partial charge in [-0.3, -0.25) is 4.79 Å². The van der Waals surface area contributed by atoms with Crippen LogP contribution in [0.25, 0.3) is 0 Å². The van der Waals surface area contributed by atoms with Crippen molar-refractivity contribution >= 4 is 5.97 Å². The van der Waals surface area contributed by atoms with Gasteiger partial charge < -0.3 is 10.5 Å². The van der Waals surface area contributed by atoms with Gasteiger partial charge >= 0.3 is 5.97 Å². The van der Waals surface area contributed by atoms with Crippen LogP contribution in [0.2, 0.25) is 0 Å². The third-order valence-corrected chi connectivity index (χ3v) is 1.56. The number of methoxy groups -OCH3 is 1. The minimum Gasteiger partial charge on any atom is -0.469 e. The molecule has 0 fully saturated rings. The molecule has 0 amide bonds. The lowest BCUT2D eigenvalue weighted by Crippen LogP contribution is -1.98. The van der Waals surface area contributed by atoms with Crippen molar-refractivity contribution in [3.8, 4) is 11.8 Å². The van der Waals surface area contributed by atoms with Crippen LogP contribution in [0.15, 0.2) is 0 Å². The molecule has 0 saturated carbocycles. The Labute approximate surface area is 79.6 Å². The van der Waals surface area contributed by atoms with E-state index >= 15 is 0 Å². The van der Waals surface area contributed by atoms with E-state index in [4.69, 9.17) is 5.73 Å². The SMILES string of the molecule is COC(=O)CCC#CCCCCN. The van der Waals surface area contributed by atoms with E-state index < -0.39 is 0 Å². The van der Waals surface area contributed by atoms with E-state index in [0.29, 0.717) is 12.8 Å². The molecule has 13 heavy (non-hydrogen) atoms. The molecular weight excluding hydrogens is 166 g/mol. The predicted octanol–water partition coefficient (Wildman–Crippen LogP) is 1.07. The van der Waals surface area contributed by atoms with Crippen LogP contribution >= 0.6 is 0 Å². The second-order valence-electron chi connectivity index (χ2n) is 2.68. The highest BCUT2D eigenvalue weighted by molar-refractivity contribution is 5.69. The number of rotatable bonds is 5. The maximum absolute atomic E-state index is 10.6. The molecular formula is C10H17NO2. The van der Waals surface area contributed by atoms with Crippen LogP contribution in [0.3, 0.4) is 0 Å². The fourth-order valence-corrected chi connectivity index (χ4v) is 0.801. The van der Waals surface area contributed by atoms with Crippen LogP contribution in [0.4, 0.5) is 0 Å². The fraction of sp³-hybridized carbons (Fsp3) is 0.700. The summed E-state index contributed by atoms with van der Waals surface area (Å²) in [6.45, 7) is 0.726. The minimum atomic E-state index is -0.198. The molecule has 0 bridgehead atoms. The van der Waals surface area contributed by atoms with Gasteiger partial charge in [0.1, 0.15) is 0 Å². The molecule has 0 unspecified atom stereocenters. The van der Waals surface area contributed by atoms with Gasteiger partial charge in [-0.05, 0) is 19.4 Å². The van der Waals surface area contributed by atoms with Crippen LogP contribution in [0.5, 0.6) is 0 Å². The van der Waals surface area contributed by atoms with Crippen molar-refractivity contribution in [1.29, 1.82) is 0 Å². The molecule has 0 aliphatic rings. The van der Waals surface area contributed by atoms with Crippen molar-refractivity contribution in [3.05, 3.63) is 0 Å². The Hall–Kier alpha value is -1.01. The molecule has 0 radical (unpaired) electrons. The molecule has 0 spiro atoms. The van der Waals surface area contributed by atoms with Crippen LogP contribution in [-0.2, 0) is 9.53 Å². The number of esters is 1. The molecule has 0 saturated heterocycles. The van der Waals surface area contributed by atoms with Gasteiger partial charge in [0.05, 0.1) is 13.5 Å². The molecule has 0 aromatic heterocycles. The summed E-state index contributed by atoms with van der Waals surface area (Å²) in [4.78, 5) is 10.6. The summed E-state index contributed by atoms with van der Waals surface area (Å²) in [5.74, 6) is 5.71. The Balaban J connectivity index is 3.25. The molecule has 0 atom stereocenters. The Morgan fingerprint density at radius 1 is 1.31 bits per heavy atom. The molecule has 0 aromatic carbocycles. The second kappa shape index (κ2) is 9.08. The number of nitrogens with two attached hydrogens (primary N) is 1. The topological polar surface area (TPSA) is 52.3 Å². The smallest absolute Gasteiger partial charge is 0.306 e. The lowest BCUT2D eigenvalue weighted by molar-refractivity contribution is -0.140. The van der Waals surface area contributed by atoms with E-state index in [1.807, 2.05) is 0 Å². The molecule has 0 aliphatic carbocycles. The lowest BCUT2D eigenvalue weighted by Gasteiger charge is -1.92. The molecule has 74 valence electrons. The molecule has 0 aromatic rings. The molecule has 3 heteroatoms. The Kier molecular flexibility index (Phi) is 8.38. The minimum absolute atomic E-state index is 0.198. The van der Waals surface area contributed by atoms with E-state index in [-0.39, 0.29) is 5.97 Å². The zero-order valence-electron chi connectivity index (χ0n) is 8.14. The average molecular weight is 183 g/mol. The second-order valence-corrected chi connectivity index (χ2v) is 2.68. The van der Waals surface area contributed by atoms with Crippen molar-refractivity contribution in [2.75, 3.05) is 13.7 Å². The van der Waals surface area contributed by atoms with Gasteiger partial charge in [0.2, 0.25) is 0 Å². The largest absolute Gasteiger partial charge is 0.469 e. The van der Waals surface area contributed by atoms with Gasteiger partial charge in [-0.25, -0.2) is 0 Å². The molecule has 0 heterocycles. The van der Waals surface area contributed by atoms with E-state index in [9.17, 15) is 4.79 Å². The number of carbonyl (C=O) groups excluding carboxylic acids is 1. The average Bonchev–Trinajstić information content (AvgIpc) is 2.16. The summed E-state index contributed by atoms with van der Waals surface area (Å²) < 4.78 is 4.47. The summed E-state index contributed by atoms with van der Waals surface area (Å²) in [5, 5.41) is 0. The van der Waals surface area contributed by atoms with Crippen molar-refractivity contribution in [1.82, 2.24) is 0 Å². The molecule has 0 rings (SSSR count). The number of hydrogen-bond donors (Lipinski definition) is 1. The van der Waals surface area contributed by atoms with Crippen LogP contribution in [0, 0.1) is 11.8 Å². The monoisotopic (exact) mass is 183 g/mol. The third-order valence-electron chi connectivity index (χ3n) is 1.56. The maximum atomic E-state index is 10.6. The van der Waals surface area contributed by atoms with Crippen molar-refractivity contribution < 1.29 is 9.53 Å². The van der Waals surface area contributed by atoms with Gasteiger partial charge in [-0.2, -0.15) is 0 Å². The van der Waals surface area contributed by atoms with E-state index in [2.05, 4.69) is 16.6 Å². The zero-order valence-corrected chi connectivity index (χ0v) is 8.14. The number of hydrogen-bond acceptors (Lipinski definition) is 3. The maximum Gasteiger partial charge on any atom is 0.306 e. The number of unbranched alkanes of at least 4 members (excludes halogenated alkanes) is 2. The Morgan fingerprint density at radius 2 is 2.00 bits per heavy atom. The van der Waals surface area contributed by atoms with Gasteiger partial charge in [0, 0.05) is 12.8 Å². The summed E-state index contributed by atoms with van der Waals surface area (Å²) in [6, 6.07) is 0. The summed E-state index contributed by atoms with van der Waals surface area (Å²) in [7, 11) is 1.39. The van der Waals surface area contributed by atoms with Crippen LogP contribution in [-0.4, -0.2) is 19.6 Å². The summed E-state index contributed by atoms with van der Waals surface area (Å²) in [6.07, 6.45) is 3.92. The van der Waals surface area contributed by atoms with Crippen molar-refractivity contribution in [2.24, 2.45) is 5.73 Å². The third kappa shape index (κ3) is 8.90. The van der Waals surface area contributed by atoms with Crippen molar-refractivity contribution in [2.45, 2.75) is 32.1 Å². The first kappa shape index (κ1) is 12.0. The van der Waals surface area contributed by atoms with Gasteiger partial charge in [-0.1, -0.05) is 0 Å². The normalized spacial score (nSPS) is 8.77. The van der Waals surface area contributed by atoms with Gasteiger partial charge in [-0.15, -0.1) is 11.8 Å². The standard InChI is InChI=1S/C10H17NO2/c1-13-10(12)8-6-4-2-3-5-7-9-11/h3,5-9,11H2,1H3. The lowest BCUT2D eigenvalue weighted by atomic mass is 10.2. The highest BCUT2D eigenvalue weighted by atomic mass is 16.5. The number of ether oxygens (including phenoxy) is 1. The van der Waals surface area contributed by atoms with Crippen LogP contribution in [0.1, 0.15) is 32.1 Å². The van der Waals surface area contributed by atoms with E-state index in [0.717, 1.165) is 25.8 Å². The predicted molar refractivity (Wildman–Crippen MR) is 51.9 cm³/mol. The van der Waals surface area contributed by atoms with E-state index in [1.165, 1.54) is 7.11 Å². The van der Waals surface area contributed by atoms with Crippen molar-refractivity contribution in [3.63, 3.8) is 0 Å². The summed E-state index contributed by atoms with van der Waals surface area (Å²) in [5.41, 5.74) is 5.32. The quantitative estimate of drug-likeness (QED) is 0.394. The first-order chi connectivity index (χ1) is 6.31. The fourth-order valence-electron chi connectivity index (χ4n) is 0.801. The van der Waals surface area contributed by atoms with Gasteiger partial charge in [0.15, 0.2) is 0 Å². The first-order valence-corrected chi connectivity index (χ1v) is 4.54. The van der Waals surface area contributed by atoms with Crippen LogP contribution < -0.4 is 5.73 Å². The Morgan fingerprint density at radius 3 is 2.62 bits per heavy atom. The first-order valence-electron chi connectivity index (χ1n) is 4.54. The molecule has 3 nitrogen and oxygen atoms in total. The number of carbonyl (C=O) groups is 1.